The Bertz CT molecular complexity index is 1380. The molecule has 1 N–H and O–H groups in total. The van der Waals surface area contributed by atoms with E-state index in [4.69, 9.17) is 9.47 Å². The molecule has 252 valence electrons. The van der Waals surface area contributed by atoms with Crippen LogP contribution in [0.1, 0.15) is 86.8 Å². The number of carbonyl (C=O) groups excluding carboxylic acids is 2. The fourth-order valence-corrected chi connectivity index (χ4v) is 5.82. The van der Waals surface area contributed by atoms with Gasteiger partial charge in [-0.3, -0.25) is 9.59 Å². The first-order chi connectivity index (χ1) is 21.8. The van der Waals surface area contributed by atoms with Crippen molar-refractivity contribution in [3.05, 3.63) is 58.7 Å². The van der Waals surface area contributed by atoms with E-state index in [1.54, 1.807) is 57.0 Å². The Balaban J connectivity index is 2.10. The molecule has 0 aromatic heterocycles. The first-order valence-corrected chi connectivity index (χ1v) is 16.0. The molecule has 1 fully saturated rings. The number of carbonyl (C=O) groups is 2. The van der Waals surface area contributed by atoms with Gasteiger partial charge in [-0.15, -0.1) is 0 Å². The van der Waals surface area contributed by atoms with Gasteiger partial charge in [0.05, 0.1) is 28.2 Å². The lowest BCUT2D eigenvalue weighted by Crippen LogP contribution is -2.52. The number of amides is 2. The maximum atomic E-state index is 14.5. The van der Waals surface area contributed by atoms with E-state index in [0.29, 0.717) is 50.1 Å². The van der Waals surface area contributed by atoms with Gasteiger partial charge in [-0.1, -0.05) is 13.0 Å². The van der Waals surface area contributed by atoms with Gasteiger partial charge in [0.25, 0.3) is 5.91 Å². The Morgan fingerprint density at radius 2 is 1.91 bits per heavy atom. The summed E-state index contributed by atoms with van der Waals surface area (Å²) in [5.74, 6) is -0.604. The van der Waals surface area contributed by atoms with Crippen molar-refractivity contribution in [1.29, 1.82) is 5.26 Å². The van der Waals surface area contributed by atoms with Gasteiger partial charge in [-0.25, -0.2) is 0 Å². The maximum absolute atomic E-state index is 14.5. The number of hydrogen-bond acceptors (Lipinski definition) is 6. The lowest BCUT2D eigenvalue weighted by Gasteiger charge is -2.39. The summed E-state index contributed by atoms with van der Waals surface area (Å²) in [7, 11) is 1.58. The summed E-state index contributed by atoms with van der Waals surface area (Å²) in [4.78, 5) is 31.6. The second-order valence-electron chi connectivity index (χ2n) is 12.5. The number of nitriles is 1. The van der Waals surface area contributed by atoms with Crippen LogP contribution in [-0.2, 0) is 15.7 Å². The number of alkyl halides is 3. The molecule has 8 nitrogen and oxygen atoms in total. The molecule has 0 spiro atoms. The highest BCUT2D eigenvalue weighted by Gasteiger charge is 2.41. The van der Waals surface area contributed by atoms with Crippen LogP contribution in [0.4, 0.5) is 18.9 Å². The molecule has 2 aromatic rings. The largest absolute Gasteiger partial charge is 0.492 e. The molecule has 0 bridgehead atoms. The minimum Gasteiger partial charge on any atom is -0.492 e. The normalized spacial score (nSPS) is 16.4. The molecule has 46 heavy (non-hydrogen) atoms. The topological polar surface area (TPSA) is 94.9 Å². The molecule has 1 aliphatic heterocycles. The highest BCUT2D eigenvalue weighted by atomic mass is 19.4. The van der Waals surface area contributed by atoms with Gasteiger partial charge in [0.15, 0.2) is 0 Å². The molecule has 2 aromatic carbocycles. The van der Waals surface area contributed by atoms with Crippen LogP contribution < -0.4 is 15.0 Å². The van der Waals surface area contributed by atoms with Crippen LogP contribution in [0.5, 0.6) is 5.75 Å². The second-order valence-corrected chi connectivity index (χ2v) is 12.5. The van der Waals surface area contributed by atoms with Gasteiger partial charge >= 0.3 is 6.18 Å². The summed E-state index contributed by atoms with van der Waals surface area (Å²) in [6.45, 7) is 10.7. The SMILES string of the molecule is CCC(C)(COc1cccc(C#N)c1)C(=O)N(CCCCOC)c1cc(C(=O)N(C(C)C)C2CCCNC2)c(C(F)(F)F)cc1C. The molecule has 0 saturated carbocycles. The molecule has 0 aliphatic carbocycles. The molecule has 1 saturated heterocycles. The number of methoxy groups -OCH3 is 1. The Labute approximate surface area is 270 Å². The van der Waals surface area contributed by atoms with Crippen molar-refractivity contribution < 1.29 is 32.2 Å². The van der Waals surface area contributed by atoms with Crippen LogP contribution in [0.3, 0.4) is 0 Å². The second kappa shape index (κ2) is 16.3. The summed E-state index contributed by atoms with van der Waals surface area (Å²) in [5, 5.41) is 12.5. The average molecular weight is 645 g/mol. The smallest absolute Gasteiger partial charge is 0.417 e. The third-order valence-electron chi connectivity index (χ3n) is 8.66. The summed E-state index contributed by atoms with van der Waals surface area (Å²) in [6, 6.07) is 10.3. The summed E-state index contributed by atoms with van der Waals surface area (Å²) < 4.78 is 54.8. The van der Waals surface area contributed by atoms with Gasteiger partial charge in [0.2, 0.25) is 5.91 Å². The van der Waals surface area contributed by atoms with Crippen LogP contribution in [0.25, 0.3) is 0 Å². The minimum atomic E-state index is -4.78. The van der Waals surface area contributed by atoms with Crippen molar-refractivity contribution in [2.24, 2.45) is 5.41 Å². The van der Waals surface area contributed by atoms with E-state index < -0.39 is 28.6 Å². The number of halogens is 3. The Morgan fingerprint density at radius 3 is 2.50 bits per heavy atom. The molecule has 0 radical (unpaired) electrons. The maximum Gasteiger partial charge on any atom is 0.417 e. The van der Waals surface area contributed by atoms with Crippen molar-refractivity contribution in [2.75, 3.05) is 44.9 Å². The van der Waals surface area contributed by atoms with Crippen molar-refractivity contribution >= 4 is 17.5 Å². The molecule has 3 rings (SSSR count). The third kappa shape index (κ3) is 9.01. The molecule has 2 unspecified atom stereocenters. The van der Waals surface area contributed by atoms with E-state index in [0.717, 1.165) is 19.0 Å². The van der Waals surface area contributed by atoms with Crippen molar-refractivity contribution in [1.82, 2.24) is 10.2 Å². The van der Waals surface area contributed by atoms with Crippen molar-refractivity contribution in [2.45, 2.75) is 85.0 Å². The Hall–Kier alpha value is -3.62. The number of hydrogen-bond donors (Lipinski definition) is 1. The predicted octanol–water partition coefficient (Wildman–Crippen LogP) is 6.74. The lowest BCUT2D eigenvalue weighted by atomic mass is 9.86. The van der Waals surface area contributed by atoms with Crippen LogP contribution >= 0.6 is 0 Å². The van der Waals surface area contributed by atoms with E-state index in [1.807, 2.05) is 6.92 Å². The summed E-state index contributed by atoms with van der Waals surface area (Å²) >= 11 is 0. The number of ether oxygens (including phenoxy) is 2. The number of benzene rings is 2. The van der Waals surface area contributed by atoms with Gasteiger partial charge in [0, 0.05) is 44.6 Å². The molecular weight excluding hydrogens is 597 g/mol. The summed E-state index contributed by atoms with van der Waals surface area (Å²) in [6.07, 6.45) is -1.75. The van der Waals surface area contributed by atoms with E-state index in [9.17, 15) is 28.0 Å². The van der Waals surface area contributed by atoms with E-state index in [1.165, 1.54) is 17.9 Å². The Morgan fingerprint density at radius 1 is 1.17 bits per heavy atom. The van der Waals surface area contributed by atoms with Gasteiger partial charge in [-0.2, -0.15) is 18.4 Å². The zero-order valence-electron chi connectivity index (χ0n) is 27.8. The highest BCUT2D eigenvalue weighted by Crippen LogP contribution is 2.39. The van der Waals surface area contributed by atoms with E-state index >= 15 is 0 Å². The lowest BCUT2D eigenvalue weighted by molar-refractivity contribution is -0.138. The highest BCUT2D eigenvalue weighted by molar-refractivity contribution is 6.02. The molecular formula is C35H47F3N4O4. The molecule has 1 aliphatic rings. The zero-order chi connectivity index (χ0) is 34.1. The number of nitrogens with zero attached hydrogens (tertiary/aromatic N) is 3. The number of anilines is 1. The fourth-order valence-electron chi connectivity index (χ4n) is 5.82. The molecule has 2 atom stereocenters. The predicted molar refractivity (Wildman–Crippen MR) is 172 cm³/mol. The van der Waals surface area contributed by atoms with E-state index in [-0.39, 0.29) is 42.4 Å². The number of nitrogens with one attached hydrogen (secondary N) is 1. The van der Waals surface area contributed by atoms with Crippen LogP contribution in [-0.4, -0.2) is 68.8 Å². The van der Waals surface area contributed by atoms with Crippen LogP contribution in [0.2, 0.25) is 0 Å². The van der Waals surface area contributed by atoms with E-state index in [2.05, 4.69) is 11.4 Å². The van der Waals surface area contributed by atoms with Gasteiger partial charge in [-0.05, 0) is 102 Å². The summed E-state index contributed by atoms with van der Waals surface area (Å²) in [5.41, 5.74) is -1.64. The van der Waals surface area contributed by atoms with Gasteiger partial charge < -0.3 is 24.6 Å². The zero-order valence-corrected chi connectivity index (χ0v) is 27.8. The number of aryl methyl sites for hydroxylation is 1. The number of unbranched alkanes of at least 4 members (excludes halogenated alkanes) is 1. The van der Waals surface area contributed by atoms with Crippen LogP contribution in [0, 0.1) is 23.7 Å². The first kappa shape index (κ1) is 36.8. The number of rotatable bonds is 14. The van der Waals surface area contributed by atoms with Crippen LogP contribution in [0.15, 0.2) is 36.4 Å². The standard InChI is InChI=1S/C35H47F3N4O4/c1-7-34(5,23-46-28-14-10-12-26(19-28)21-39)33(44)41(16-8-9-17-45-6)31-20-29(30(18-25(31)4)35(36,37)38)32(43)42(24(2)3)27-13-11-15-40-22-27/h10,12,14,18-20,24,27,40H,7-9,11,13,15-17,22-23H2,1-6H3. The minimum absolute atomic E-state index is 0.0208. The average Bonchev–Trinajstić information content (AvgIpc) is 3.03. The first-order valence-electron chi connectivity index (χ1n) is 16.0. The third-order valence-corrected chi connectivity index (χ3v) is 8.66. The number of piperidine rings is 1. The monoisotopic (exact) mass is 644 g/mol. The van der Waals surface area contributed by atoms with Crippen molar-refractivity contribution in [3.63, 3.8) is 0 Å². The fraction of sp³-hybridized carbons (Fsp3) is 0.571. The Kier molecular flexibility index (Phi) is 13.0. The van der Waals surface area contributed by atoms with Crippen molar-refractivity contribution in [3.8, 4) is 11.8 Å². The molecule has 1 heterocycles. The molecule has 11 heteroatoms. The quantitative estimate of drug-likeness (QED) is 0.229. The van der Waals surface area contributed by atoms with Gasteiger partial charge in [0.1, 0.15) is 12.4 Å². The molecule has 2 amide bonds.